The molecule has 5 nitrogen and oxygen atoms in total. The third-order valence-corrected chi connectivity index (χ3v) is 3.79. The lowest BCUT2D eigenvalue weighted by molar-refractivity contribution is -0.136. The number of rotatable bonds is 4. The maximum Gasteiger partial charge on any atom is 0.329 e. The minimum Gasteiger partial charge on any atom is -0.318 e. The van der Waals surface area contributed by atoms with E-state index in [4.69, 9.17) is 0 Å². The van der Waals surface area contributed by atoms with Crippen LogP contribution in [-0.4, -0.2) is 17.5 Å². The Morgan fingerprint density at radius 3 is 2.42 bits per heavy atom. The van der Waals surface area contributed by atoms with E-state index in [1.54, 1.807) is 12.1 Å². The van der Waals surface area contributed by atoms with Gasteiger partial charge in [-0.05, 0) is 43.2 Å². The summed E-state index contributed by atoms with van der Waals surface area (Å²) >= 11 is 3.40. The molecule has 0 saturated heterocycles. The monoisotopic (exact) mass is 387 g/mol. The standard InChI is InChI=1S/C18H18BrN3O2/c1-3-16(13-5-4-6-14(19)11-13)21-22-18(24)17(23)20-15-9-7-12(2)8-10-15/h4-11H,3H2,1-2H3,(H,20,23)(H,22,24)/b21-16-. The summed E-state index contributed by atoms with van der Waals surface area (Å²) in [5.74, 6) is -1.57. The van der Waals surface area contributed by atoms with Crippen LogP contribution in [0.2, 0.25) is 0 Å². The molecule has 2 aromatic rings. The van der Waals surface area contributed by atoms with Crippen molar-refractivity contribution in [3.05, 3.63) is 64.1 Å². The van der Waals surface area contributed by atoms with Crippen LogP contribution >= 0.6 is 15.9 Å². The zero-order valence-electron chi connectivity index (χ0n) is 13.5. The molecule has 24 heavy (non-hydrogen) atoms. The van der Waals surface area contributed by atoms with Gasteiger partial charge in [0.25, 0.3) is 0 Å². The first-order chi connectivity index (χ1) is 11.5. The smallest absolute Gasteiger partial charge is 0.318 e. The minimum absolute atomic E-state index is 0.562. The first-order valence-corrected chi connectivity index (χ1v) is 8.29. The summed E-state index contributed by atoms with van der Waals surface area (Å²) in [5.41, 5.74) is 5.51. The zero-order valence-corrected chi connectivity index (χ0v) is 15.1. The summed E-state index contributed by atoms with van der Waals surface area (Å²) in [7, 11) is 0. The van der Waals surface area contributed by atoms with E-state index in [0.29, 0.717) is 17.8 Å². The molecule has 2 N–H and O–H groups in total. The van der Waals surface area contributed by atoms with E-state index in [9.17, 15) is 9.59 Å². The van der Waals surface area contributed by atoms with E-state index in [2.05, 4.69) is 31.8 Å². The number of nitrogens with one attached hydrogen (secondary N) is 2. The highest BCUT2D eigenvalue weighted by atomic mass is 79.9. The van der Waals surface area contributed by atoms with Gasteiger partial charge in [0.15, 0.2) is 0 Å². The number of carbonyl (C=O) groups excluding carboxylic acids is 2. The van der Waals surface area contributed by atoms with Gasteiger partial charge in [-0.25, -0.2) is 5.43 Å². The first-order valence-electron chi connectivity index (χ1n) is 7.50. The molecule has 0 atom stereocenters. The lowest BCUT2D eigenvalue weighted by atomic mass is 10.1. The summed E-state index contributed by atoms with van der Waals surface area (Å²) in [6.07, 6.45) is 0.621. The number of carbonyl (C=O) groups is 2. The molecule has 0 aromatic heterocycles. The molecule has 2 rings (SSSR count). The molecular formula is C18H18BrN3O2. The fourth-order valence-electron chi connectivity index (χ4n) is 2.01. The maximum absolute atomic E-state index is 11.9. The molecule has 0 aliphatic carbocycles. The topological polar surface area (TPSA) is 70.6 Å². The van der Waals surface area contributed by atoms with Gasteiger partial charge in [0, 0.05) is 10.2 Å². The average molecular weight is 388 g/mol. The van der Waals surface area contributed by atoms with Crippen molar-refractivity contribution in [2.45, 2.75) is 20.3 Å². The average Bonchev–Trinajstić information content (AvgIpc) is 2.57. The summed E-state index contributed by atoms with van der Waals surface area (Å²) in [4.78, 5) is 23.8. The van der Waals surface area contributed by atoms with Gasteiger partial charge in [0.1, 0.15) is 0 Å². The fourth-order valence-corrected chi connectivity index (χ4v) is 2.41. The molecule has 0 saturated carbocycles. The number of hydrazone groups is 1. The maximum atomic E-state index is 11.9. The molecule has 0 radical (unpaired) electrons. The van der Waals surface area contributed by atoms with Crippen LogP contribution in [0, 0.1) is 6.92 Å². The summed E-state index contributed by atoms with van der Waals surface area (Å²) in [5, 5.41) is 6.60. The molecular weight excluding hydrogens is 370 g/mol. The second kappa shape index (κ2) is 8.40. The van der Waals surface area contributed by atoms with Gasteiger partial charge in [-0.1, -0.05) is 52.7 Å². The third-order valence-electron chi connectivity index (χ3n) is 3.30. The van der Waals surface area contributed by atoms with Crippen molar-refractivity contribution in [1.29, 1.82) is 0 Å². The van der Waals surface area contributed by atoms with Crippen molar-refractivity contribution < 1.29 is 9.59 Å². The Kier molecular flexibility index (Phi) is 6.26. The second-order valence-corrected chi connectivity index (χ2v) is 6.10. The Bertz CT molecular complexity index is 770. The Labute approximate surface area is 149 Å². The van der Waals surface area contributed by atoms with Crippen molar-refractivity contribution >= 4 is 39.1 Å². The van der Waals surface area contributed by atoms with E-state index in [-0.39, 0.29) is 0 Å². The summed E-state index contributed by atoms with van der Waals surface area (Å²) in [6.45, 7) is 3.87. The first kappa shape index (κ1) is 17.9. The third kappa shape index (κ3) is 5.03. The number of benzene rings is 2. The van der Waals surface area contributed by atoms with Crippen molar-refractivity contribution in [3.63, 3.8) is 0 Å². The Hall–Kier alpha value is -2.47. The van der Waals surface area contributed by atoms with Gasteiger partial charge in [-0.15, -0.1) is 0 Å². The summed E-state index contributed by atoms with van der Waals surface area (Å²) in [6, 6.07) is 14.8. The van der Waals surface area contributed by atoms with E-state index < -0.39 is 11.8 Å². The largest absolute Gasteiger partial charge is 0.329 e. The number of aryl methyl sites for hydroxylation is 1. The van der Waals surface area contributed by atoms with Crippen LogP contribution in [0.15, 0.2) is 58.1 Å². The van der Waals surface area contributed by atoms with Gasteiger partial charge >= 0.3 is 11.8 Å². The predicted molar refractivity (Wildman–Crippen MR) is 98.9 cm³/mol. The highest BCUT2D eigenvalue weighted by Crippen LogP contribution is 2.13. The number of nitrogens with zero attached hydrogens (tertiary/aromatic N) is 1. The molecule has 124 valence electrons. The second-order valence-electron chi connectivity index (χ2n) is 5.18. The molecule has 0 unspecified atom stereocenters. The molecule has 2 aromatic carbocycles. The van der Waals surface area contributed by atoms with Crippen molar-refractivity contribution in [1.82, 2.24) is 5.43 Å². The van der Waals surface area contributed by atoms with Gasteiger partial charge < -0.3 is 5.32 Å². The van der Waals surface area contributed by atoms with Gasteiger partial charge in [0.2, 0.25) is 0 Å². The Morgan fingerprint density at radius 1 is 1.08 bits per heavy atom. The van der Waals surface area contributed by atoms with Gasteiger partial charge in [0.05, 0.1) is 5.71 Å². The molecule has 0 fully saturated rings. The molecule has 2 amide bonds. The van der Waals surface area contributed by atoms with E-state index in [1.165, 1.54) is 0 Å². The van der Waals surface area contributed by atoms with Crippen LogP contribution in [-0.2, 0) is 9.59 Å². The number of hydrogen-bond acceptors (Lipinski definition) is 3. The normalized spacial score (nSPS) is 11.0. The number of halogens is 1. The molecule has 0 aliphatic heterocycles. The van der Waals surface area contributed by atoms with Crippen LogP contribution in [0.1, 0.15) is 24.5 Å². The lowest BCUT2D eigenvalue weighted by Crippen LogP contribution is -2.33. The van der Waals surface area contributed by atoms with E-state index in [0.717, 1.165) is 15.6 Å². The Morgan fingerprint density at radius 2 is 1.79 bits per heavy atom. The van der Waals surface area contributed by atoms with Crippen molar-refractivity contribution in [2.24, 2.45) is 5.10 Å². The summed E-state index contributed by atoms with van der Waals surface area (Å²) < 4.78 is 0.921. The predicted octanol–water partition coefficient (Wildman–Crippen LogP) is 3.63. The molecule has 0 spiro atoms. The van der Waals surface area contributed by atoms with Crippen LogP contribution in [0.5, 0.6) is 0 Å². The quantitative estimate of drug-likeness (QED) is 0.477. The van der Waals surface area contributed by atoms with E-state index in [1.807, 2.05) is 50.2 Å². The number of hydrogen-bond donors (Lipinski definition) is 2. The van der Waals surface area contributed by atoms with Crippen LogP contribution < -0.4 is 10.7 Å². The molecule has 0 bridgehead atoms. The van der Waals surface area contributed by atoms with Crippen LogP contribution in [0.4, 0.5) is 5.69 Å². The number of amides is 2. The van der Waals surface area contributed by atoms with Crippen LogP contribution in [0.25, 0.3) is 0 Å². The highest BCUT2D eigenvalue weighted by Gasteiger charge is 2.13. The van der Waals surface area contributed by atoms with Crippen molar-refractivity contribution in [2.75, 3.05) is 5.32 Å². The van der Waals surface area contributed by atoms with Crippen molar-refractivity contribution in [3.8, 4) is 0 Å². The van der Waals surface area contributed by atoms with Gasteiger partial charge in [-0.3, -0.25) is 9.59 Å². The van der Waals surface area contributed by atoms with Crippen LogP contribution in [0.3, 0.4) is 0 Å². The molecule has 0 heterocycles. The molecule has 0 aliphatic rings. The van der Waals surface area contributed by atoms with Gasteiger partial charge in [-0.2, -0.15) is 5.10 Å². The highest BCUT2D eigenvalue weighted by molar-refractivity contribution is 9.10. The SMILES string of the molecule is CC/C(=N/NC(=O)C(=O)Nc1ccc(C)cc1)c1cccc(Br)c1. The lowest BCUT2D eigenvalue weighted by Gasteiger charge is -2.07. The number of anilines is 1. The van der Waals surface area contributed by atoms with E-state index >= 15 is 0 Å². The fraction of sp³-hybridized carbons (Fsp3) is 0.167. The minimum atomic E-state index is -0.809. The zero-order chi connectivity index (χ0) is 17.5. The Balaban J connectivity index is 2.02. The molecule has 6 heteroatoms.